The van der Waals surface area contributed by atoms with Gasteiger partial charge in [0.1, 0.15) is 5.78 Å². The molecule has 2 rings (SSSR count). The van der Waals surface area contributed by atoms with E-state index in [4.69, 9.17) is 0 Å². The summed E-state index contributed by atoms with van der Waals surface area (Å²) in [5.41, 5.74) is 0.576. The third-order valence-corrected chi connectivity index (χ3v) is 4.41. The second-order valence-electron chi connectivity index (χ2n) is 5.05. The van der Waals surface area contributed by atoms with E-state index in [0.717, 1.165) is 18.8 Å². The van der Waals surface area contributed by atoms with Crippen molar-refractivity contribution in [2.45, 2.75) is 58.3 Å². The minimum absolute atomic E-state index is 0.503. The van der Waals surface area contributed by atoms with Crippen molar-refractivity contribution in [1.82, 2.24) is 0 Å². The van der Waals surface area contributed by atoms with Crippen LogP contribution in [0.4, 0.5) is 0 Å². The van der Waals surface area contributed by atoms with Crippen LogP contribution in [0.15, 0.2) is 0 Å². The van der Waals surface area contributed by atoms with Gasteiger partial charge in [0, 0.05) is 12.8 Å². The molecule has 1 unspecified atom stereocenters. The molecule has 2 aliphatic rings. The van der Waals surface area contributed by atoms with Gasteiger partial charge in [-0.2, -0.15) is 0 Å². The van der Waals surface area contributed by atoms with E-state index in [2.05, 4.69) is 6.92 Å². The molecule has 0 heterocycles. The van der Waals surface area contributed by atoms with Gasteiger partial charge in [-0.3, -0.25) is 4.79 Å². The monoisotopic (exact) mass is 180 g/mol. The number of hydrogen-bond donors (Lipinski definition) is 0. The summed E-state index contributed by atoms with van der Waals surface area (Å²) >= 11 is 0. The molecule has 2 fully saturated rings. The van der Waals surface area contributed by atoms with Crippen LogP contribution in [0.2, 0.25) is 0 Å². The molecule has 1 atom stereocenters. The van der Waals surface area contributed by atoms with Gasteiger partial charge in [-0.1, -0.05) is 26.2 Å². The van der Waals surface area contributed by atoms with Gasteiger partial charge < -0.3 is 0 Å². The summed E-state index contributed by atoms with van der Waals surface area (Å²) in [6.45, 7) is 2.40. The zero-order chi connectivity index (χ0) is 9.31. The molecule has 74 valence electrons. The summed E-state index contributed by atoms with van der Waals surface area (Å²) < 4.78 is 0. The molecule has 0 amide bonds. The van der Waals surface area contributed by atoms with Crippen LogP contribution in [0.5, 0.6) is 0 Å². The minimum atomic E-state index is 0.503. The fourth-order valence-electron chi connectivity index (χ4n) is 3.25. The second kappa shape index (κ2) is 3.43. The Morgan fingerprint density at radius 3 is 2.46 bits per heavy atom. The molecule has 1 heteroatoms. The summed E-state index contributed by atoms with van der Waals surface area (Å²) in [7, 11) is 0. The van der Waals surface area contributed by atoms with Crippen molar-refractivity contribution in [3.05, 3.63) is 0 Å². The summed E-state index contributed by atoms with van der Waals surface area (Å²) in [6, 6.07) is 0. The largest absolute Gasteiger partial charge is 0.300 e. The predicted octanol–water partition coefficient (Wildman–Crippen LogP) is 3.33. The summed E-state index contributed by atoms with van der Waals surface area (Å²) in [6.07, 6.45) is 9.71. The van der Waals surface area contributed by atoms with E-state index in [1.807, 2.05) is 0 Å². The summed E-state index contributed by atoms with van der Waals surface area (Å²) in [4.78, 5) is 11.2. The van der Waals surface area contributed by atoms with Crippen LogP contribution in [-0.2, 0) is 4.79 Å². The van der Waals surface area contributed by atoms with Crippen molar-refractivity contribution >= 4 is 5.78 Å². The smallest absolute Gasteiger partial charge is 0.132 e. The fraction of sp³-hybridized carbons (Fsp3) is 0.917. The van der Waals surface area contributed by atoms with E-state index >= 15 is 0 Å². The molecular formula is C12H20O. The molecule has 0 aromatic heterocycles. The van der Waals surface area contributed by atoms with E-state index in [0.29, 0.717) is 11.2 Å². The van der Waals surface area contributed by atoms with Gasteiger partial charge in [0.2, 0.25) is 0 Å². The van der Waals surface area contributed by atoms with Crippen molar-refractivity contribution in [1.29, 1.82) is 0 Å². The standard InChI is InChI=1S/C12H20O/c1-10-4-2-3-7-12(10)8-5-11(13)6-9-12/h10H,2-9H2,1H3. The first-order chi connectivity index (χ1) is 6.23. The third-order valence-electron chi connectivity index (χ3n) is 4.41. The van der Waals surface area contributed by atoms with E-state index in [9.17, 15) is 4.79 Å². The van der Waals surface area contributed by atoms with Gasteiger partial charge in [-0.25, -0.2) is 0 Å². The minimum Gasteiger partial charge on any atom is -0.300 e. The van der Waals surface area contributed by atoms with Gasteiger partial charge in [0.15, 0.2) is 0 Å². The number of carbonyl (C=O) groups excluding carboxylic acids is 1. The first kappa shape index (κ1) is 9.23. The molecule has 1 spiro atoms. The lowest BCUT2D eigenvalue weighted by atomic mass is 9.60. The first-order valence-corrected chi connectivity index (χ1v) is 5.75. The summed E-state index contributed by atoms with van der Waals surface area (Å²) in [5, 5.41) is 0. The van der Waals surface area contributed by atoms with E-state index in [-0.39, 0.29) is 0 Å². The van der Waals surface area contributed by atoms with Crippen LogP contribution in [0.1, 0.15) is 58.3 Å². The Morgan fingerprint density at radius 2 is 1.85 bits per heavy atom. The molecular weight excluding hydrogens is 160 g/mol. The zero-order valence-electron chi connectivity index (χ0n) is 8.64. The molecule has 0 radical (unpaired) electrons. The van der Waals surface area contributed by atoms with Gasteiger partial charge in [0.25, 0.3) is 0 Å². The summed E-state index contributed by atoms with van der Waals surface area (Å²) in [5.74, 6) is 1.37. The highest BCUT2D eigenvalue weighted by Gasteiger charge is 2.40. The highest BCUT2D eigenvalue weighted by atomic mass is 16.1. The maximum absolute atomic E-state index is 11.2. The molecule has 0 aromatic carbocycles. The lowest BCUT2D eigenvalue weighted by molar-refractivity contribution is -0.123. The fourth-order valence-corrected chi connectivity index (χ4v) is 3.25. The maximum atomic E-state index is 11.2. The lowest BCUT2D eigenvalue weighted by Gasteiger charge is -2.45. The Bertz CT molecular complexity index is 197. The van der Waals surface area contributed by atoms with Crippen molar-refractivity contribution in [2.24, 2.45) is 11.3 Å². The van der Waals surface area contributed by atoms with E-state index in [1.165, 1.54) is 38.5 Å². The number of carbonyl (C=O) groups is 1. The Morgan fingerprint density at radius 1 is 1.15 bits per heavy atom. The topological polar surface area (TPSA) is 17.1 Å². The normalized spacial score (nSPS) is 33.6. The first-order valence-electron chi connectivity index (χ1n) is 5.75. The number of rotatable bonds is 0. The number of hydrogen-bond acceptors (Lipinski definition) is 1. The molecule has 0 N–H and O–H groups in total. The van der Waals surface area contributed by atoms with Crippen molar-refractivity contribution < 1.29 is 4.79 Å². The SMILES string of the molecule is CC1CCCCC12CCC(=O)CC2. The lowest BCUT2D eigenvalue weighted by Crippen LogP contribution is -2.36. The van der Waals surface area contributed by atoms with Gasteiger partial charge in [0.05, 0.1) is 0 Å². The van der Waals surface area contributed by atoms with Crippen LogP contribution in [0, 0.1) is 11.3 Å². The molecule has 0 bridgehead atoms. The van der Waals surface area contributed by atoms with Gasteiger partial charge in [-0.05, 0) is 30.6 Å². The van der Waals surface area contributed by atoms with Crippen LogP contribution in [-0.4, -0.2) is 5.78 Å². The van der Waals surface area contributed by atoms with E-state index < -0.39 is 0 Å². The maximum Gasteiger partial charge on any atom is 0.132 e. The Labute approximate surface area is 80.9 Å². The highest BCUT2D eigenvalue weighted by molar-refractivity contribution is 5.79. The molecule has 1 nitrogen and oxygen atoms in total. The Kier molecular flexibility index (Phi) is 2.44. The van der Waals surface area contributed by atoms with Crippen LogP contribution >= 0.6 is 0 Å². The molecule has 0 saturated heterocycles. The third kappa shape index (κ3) is 1.66. The van der Waals surface area contributed by atoms with Crippen LogP contribution in [0.25, 0.3) is 0 Å². The quantitative estimate of drug-likeness (QED) is 0.559. The van der Waals surface area contributed by atoms with Crippen molar-refractivity contribution in [2.75, 3.05) is 0 Å². The van der Waals surface area contributed by atoms with Crippen LogP contribution < -0.4 is 0 Å². The van der Waals surface area contributed by atoms with E-state index in [1.54, 1.807) is 0 Å². The molecule has 13 heavy (non-hydrogen) atoms. The Hall–Kier alpha value is -0.330. The number of ketones is 1. The van der Waals surface area contributed by atoms with Crippen molar-refractivity contribution in [3.8, 4) is 0 Å². The molecule has 0 aliphatic heterocycles. The number of Topliss-reactive ketones (excluding diaryl/α,β-unsaturated/α-hetero) is 1. The molecule has 0 aromatic rings. The van der Waals surface area contributed by atoms with Crippen LogP contribution in [0.3, 0.4) is 0 Å². The zero-order valence-corrected chi connectivity index (χ0v) is 8.64. The predicted molar refractivity (Wildman–Crippen MR) is 53.5 cm³/mol. The van der Waals surface area contributed by atoms with Gasteiger partial charge >= 0.3 is 0 Å². The second-order valence-corrected chi connectivity index (χ2v) is 5.05. The average Bonchev–Trinajstić information content (AvgIpc) is 2.15. The molecule has 2 aliphatic carbocycles. The average molecular weight is 180 g/mol. The van der Waals surface area contributed by atoms with Crippen molar-refractivity contribution in [3.63, 3.8) is 0 Å². The Balaban J connectivity index is 2.05. The van der Waals surface area contributed by atoms with Gasteiger partial charge in [-0.15, -0.1) is 0 Å². The molecule has 2 saturated carbocycles. The highest BCUT2D eigenvalue weighted by Crippen LogP contribution is 2.50.